The molecule has 1 atom stereocenters. The molecule has 2 aliphatic rings. The number of hydrazone groups is 1. The second kappa shape index (κ2) is 9.12. The first-order valence-electron chi connectivity index (χ1n) is 10.9. The lowest BCUT2D eigenvalue weighted by Crippen LogP contribution is -2.22. The number of carbonyl (C=O) groups is 1. The first-order valence-corrected chi connectivity index (χ1v) is 13.2. The van der Waals surface area contributed by atoms with Gasteiger partial charge in [-0.3, -0.25) is 4.79 Å². The zero-order chi connectivity index (χ0) is 25.0. The molecule has 0 spiro atoms. The van der Waals surface area contributed by atoms with Crippen LogP contribution in [0.4, 0.5) is 5.13 Å². The molecule has 0 saturated carbocycles. The zero-order valence-electron chi connectivity index (χ0n) is 18.3. The van der Waals surface area contributed by atoms with Gasteiger partial charge in [0, 0.05) is 26.2 Å². The normalized spacial score (nSPS) is 16.8. The Morgan fingerprint density at radius 2 is 1.69 bits per heavy atom. The average Bonchev–Trinajstić information content (AvgIpc) is 3.54. The first kappa shape index (κ1) is 23.4. The second-order valence-corrected chi connectivity index (χ2v) is 11.0. The molecular formula is C26H15BrCl2N4O2S. The third-order valence-electron chi connectivity index (χ3n) is 6.03. The van der Waals surface area contributed by atoms with E-state index in [-0.39, 0.29) is 11.9 Å². The van der Waals surface area contributed by atoms with Crippen LogP contribution < -0.4 is 15.6 Å². The van der Waals surface area contributed by atoms with Gasteiger partial charge in [0.15, 0.2) is 0 Å². The van der Waals surface area contributed by atoms with Crippen LogP contribution in [0.25, 0.3) is 5.57 Å². The largest absolute Gasteiger partial charge is 0.492 e. The number of thiazole rings is 1. The number of aromatic nitrogens is 1. The van der Waals surface area contributed by atoms with Gasteiger partial charge in [-0.2, -0.15) is 10.1 Å². The highest BCUT2D eigenvalue weighted by Crippen LogP contribution is 2.43. The van der Waals surface area contributed by atoms with Crippen molar-refractivity contribution in [1.82, 2.24) is 4.98 Å². The highest BCUT2D eigenvalue weighted by molar-refractivity contribution is 9.10. The number of benzene rings is 3. The summed E-state index contributed by atoms with van der Waals surface area (Å²) in [6, 6.07) is 20.3. The summed E-state index contributed by atoms with van der Waals surface area (Å²) in [5, 5.41) is 20.5. The third kappa shape index (κ3) is 4.14. The molecule has 4 aromatic rings. The molecule has 0 radical (unpaired) electrons. The van der Waals surface area contributed by atoms with E-state index in [9.17, 15) is 9.90 Å². The van der Waals surface area contributed by atoms with E-state index >= 15 is 0 Å². The van der Waals surface area contributed by atoms with E-state index in [1.54, 1.807) is 11.1 Å². The van der Waals surface area contributed by atoms with Crippen molar-refractivity contribution in [3.63, 3.8) is 0 Å². The molecular weight excluding hydrogens is 583 g/mol. The fourth-order valence-corrected chi connectivity index (χ4v) is 5.94. The number of nitrogens with zero attached hydrogens (tertiary/aromatic N) is 4. The summed E-state index contributed by atoms with van der Waals surface area (Å²) in [6.45, 7) is 0. The van der Waals surface area contributed by atoms with Gasteiger partial charge in [-0.25, -0.2) is 10.0 Å². The summed E-state index contributed by atoms with van der Waals surface area (Å²) in [5.74, 6) is -0.638. The number of hydrogen-bond donors (Lipinski definition) is 1. The predicted molar refractivity (Wildman–Crippen MR) is 145 cm³/mol. The Labute approximate surface area is 228 Å². The van der Waals surface area contributed by atoms with Gasteiger partial charge in [-0.15, -0.1) is 0 Å². The number of hydrogen-bond acceptors (Lipinski definition) is 6. The van der Waals surface area contributed by atoms with E-state index in [4.69, 9.17) is 28.3 Å². The quantitative estimate of drug-likeness (QED) is 0.331. The highest BCUT2D eigenvalue weighted by Gasteiger charge is 2.34. The molecule has 6 nitrogen and oxygen atoms in total. The fraction of sp³-hybridized carbons (Fsp3) is 0.0769. The lowest BCUT2D eigenvalue weighted by molar-refractivity contribution is -0.112. The van der Waals surface area contributed by atoms with E-state index in [0.717, 1.165) is 21.3 Å². The minimum atomic E-state index is -0.408. The van der Waals surface area contributed by atoms with Crippen LogP contribution in [0.3, 0.4) is 0 Å². The summed E-state index contributed by atoms with van der Waals surface area (Å²) >= 11 is 16.9. The number of amides is 1. The van der Waals surface area contributed by atoms with E-state index in [1.165, 1.54) is 11.3 Å². The van der Waals surface area contributed by atoms with E-state index in [1.807, 2.05) is 60.7 Å². The van der Waals surface area contributed by atoms with Crippen molar-refractivity contribution in [3.05, 3.63) is 108 Å². The molecule has 3 aromatic carbocycles. The average molecular weight is 598 g/mol. The van der Waals surface area contributed by atoms with Crippen LogP contribution in [0.5, 0.6) is 5.88 Å². The Morgan fingerprint density at radius 3 is 2.42 bits per heavy atom. The lowest BCUT2D eigenvalue weighted by atomic mass is 9.99. The number of fused-ring (bicyclic) bond motifs is 1. The maximum atomic E-state index is 12.8. The molecule has 3 heterocycles. The number of aromatic hydroxyl groups is 1. The highest BCUT2D eigenvalue weighted by atomic mass is 79.9. The Hall–Kier alpha value is -3.04. The summed E-state index contributed by atoms with van der Waals surface area (Å²) in [7, 11) is 0. The number of carbonyl (C=O) groups excluding carboxylic acids is 1. The maximum Gasteiger partial charge on any atom is 0.279 e. The Bertz CT molecular complexity index is 1680. The van der Waals surface area contributed by atoms with Crippen molar-refractivity contribution in [2.75, 3.05) is 5.01 Å². The topological polar surface area (TPSA) is 78.2 Å². The SMILES string of the molecule is O=C1N=c2ccc(Br)cc2=C1c1sc(N2N=C(c3ccc(Cl)cc3)CC2c2ccc(Cl)cc2)nc1O. The molecule has 0 aliphatic carbocycles. The van der Waals surface area contributed by atoms with Crippen LogP contribution in [0.2, 0.25) is 10.0 Å². The molecule has 6 rings (SSSR count). The number of anilines is 1. The minimum absolute atomic E-state index is 0.179. The molecule has 0 fully saturated rings. The monoisotopic (exact) mass is 596 g/mol. The molecule has 10 heteroatoms. The Morgan fingerprint density at radius 1 is 1.00 bits per heavy atom. The van der Waals surface area contributed by atoms with E-state index in [2.05, 4.69) is 25.9 Å². The van der Waals surface area contributed by atoms with Crippen molar-refractivity contribution >= 4 is 72.8 Å². The van der Waals surface area contributed by atoms with Crippen LogP contribution in [0, 0.1) is 0 Å². The standard InChI is InChI=1S/C26H15BrCl2N4O2S/c27-15-5-10-19-18(11-15)22(24(34)30-19)23-25(35)31-26(36-23)33-21(14-3-8-17(29)9-4-14)12-20(32-33)13-1-6-16(28)7-2-13/h1-11,21,35H,12H2. The van der Waals surface area contributed by atoms with Crippen LogP contribution in [0.15, 0.2) is 81.3 Å². The third-order valence-corrected chi connectivity index (χ3v) is 8.08. The van der Waals surface area contributed by atoms with Gasteiger partial charge >= 0.3 is 0 Å². The molecule has 0 bridgehead atoms. The summed E-state index contributed by atoms with van der Waals surface area (Å²) in [5.41, 5.74) is 3.13. The summed E-state index contributed by atoms with van der Waals surface area (Å²) < 4.78 is 0.812. The molecule has 1 aromatic heterocycles. The Kier molecular flexibility index (Phi) is 5.92. The molecule has 178 valence electrons. The van der Waals surface area contributed by atoms with Gasteiger partial charge in [-0.1, -0.05) is 74.7 Å². The van der Waals surface area contributed by atoms with Crippen LogP contribution in [0.1, 0.15) is 28.5 Å². The molecule has 36 heavy (non-hydrogen) atoms. The molecule has 2 aliphatic heterocycles. The van der Waals surface area contributed by atoms with Crippen LogP contribution in [-0.2, 0) is 4.79 Å². The summed E-state index contributed by atoms with van der Waals surface area (Å²) in [6.07, 6.45) is 0.611. The van der Waals surface area contributed by atoms with Gasteiger partial charge in [0.2, 0.25) is 11.0 Å². The van der Waals surface area contributed by atoms with Crippen molar-refractivity contribution < 1.29 is 9.90 Å². The van der Waals surface area contributed by atoms with Crippen LogP contribution in [-0.4, -0.2) is 21.7 Å². The smallest absolute Gasteiger partial charge is 0.279 e. The number of rotatable bonds is 4. The van der Waals surface area contributed by atoms with E-state index in [0.29, 0.717) is 42.6 Å². The second-order valence-electron chi connectivity index (χ2n) is 8.27. The maximum absolute atomic E-state index is 12.8. The van der Waals surface area contributed by atoms with Gasteiger partial charge in [-0.05, 0) is 53.6 Å². The molecule has 0 saturated heterocycles. The van der Waals surface area contributed by atoms with Crippen molar-refractivity contribution in [1.29, 1.82) is 0 Å². The molecule has 1 N–H and O–H groups in total. The van der Waals surface area contributed by atoms with Gasteiger partial charge in [0.05, 0.1) is 22.7 Å². The number of halogens is 3. The van der Waals surface area contributed by atoms with Crippen molar-refractivity contribution in [3.8, 4) is 5.88 Å². The lowest BCUT2D eigenvalue weighted by Gasteiger charge is -2.21. The van der Waals surface area contributed by atoms with E-state index < -0.39 is 5.91 Å². The van der Waals surface area contributed by atoms with Gasteiger partial charge in [0.25, 0.3) is 5.91 Å². The van der Waals surface area contributed by atoms with Crippen LogP contribution >= 0.6 is 50.5 Å². The van der Waals surface area contributed by atoms with Crippen molar-refractivity contribution in [2.45, 2.75) is 12.5 Å². The van der Waals surface area contributed by atoms with Crippen molar-refractivity contribution in [2.24, 2.45) is 10.1 Å². The molecule has 1 unspecified atom stereocenters. The zero-order valence-corrected chi connectivity index (χ0v) is 22.2. The summed E-state index contributed by atoms with van der Waals surface area (Å²) in [4.78, 5) is 21.7. The first-order chi connectivity index (χ1) is 17.4. The molecule has 1 amide bonds. The van der Waals surface area contributed by atoms with Gasteiger partial charge in [0.1, 0.15) is 4.88 Å². The predicted octanol–water partition coefficient (Wildman–Crippen LogP) is 5.63. The minimum Gasteiger partial charge on any atom is -0.492 e. The fourth-order valence-electron chi connectivity index (χ4n) is 4.32. The van der Waals surface area contributed by atoms with Gasteiger partial charge < -0.3 is 5.11 Å². The Balaban J connectivity index is 1.47.